The number of hydrogen-bond acceptors (Lipinski definition) is 5. The van der Waals surface area contributed by atoms with Crippen LogP contribution in [0.15, 0.2) is 54.1 Å². The highest BCUT2D eigenvalue weighted by Gasteiger charge is 2.34. The number of rotatable bonds is 4. The minimum Gasteiger partial charge on any atom is -0.473 e. The molecule has 0 fully saturated rings. The number of alkyl halides is 2. The van der Waals surface area contributed by atoms with Crippen molar-refractivity contribution in [3.05, 3.63) is 71.3 Å². The molecule has 1 aromatic heterocycles. The lowest BCUT2D eigenvalue weighted by Crippen LogP contribution is -2.33. The summed E-state index contributed by atoms with van der Waals surface area (Å²) in [5.41, 5.74) is 0.155. The van der Waals surface area contributed by atoms with Gasteiger partial charge in [0.1, 0.15) is 17.6 Å². The normalized spacial score (nSPS) is 16.0. The third-order valence-electron chi connectivity index (χ3n) is 4.83. The van der Waals surface area contributed by atoms with Gasteiger partial charge < -0.3 is 9.47 Å². The van der Waals surface area contributed by atoms with E-state index in [0.29, 0.717) is 4.57 Å². The van der Waals surface area contributed by atoms with Crippen molar-refractivity contribution in [2.24, 2.45) is 0 Å². The van der Waals surface area contributed by atoms with Gasteiger partial charge in [0.25, 0.3) is 0 Å². The van der Waals surface area contributed by atoms with Crippen LogP contribution < -0.4 is 4.74 Å². The van der Waals surface area contributed by atoms with Crippen LogP contribution in [0, 0.1) is 17.1 Å². The second-order valence-corrected chi connectivity index (χ2v) is 7.05. The average Bonchev–Trinajstić information content (AvgIpc) is 3.18. The number of carbonyl (C=O) groups excluding carboxylic acids is 1. The highest BCUT2D eigenvalue weighted by Crippen LogP contribution is 2.40. The monoisotopic (exact) mass is 459 g/mol. The van der Waals surface area contributed by atoms with E-state index in [9.17, 15) is 23.2 Å². The molecule has 1 unspecified atom stereocenters. The Morgan fingerprint density at radius 1 is 1.34 bits per heavy atom. The lowest BCUT2D eigenvalue weighted by molar-refractivity contribution is -0.146. The Kier molecular flexibility index (Phi) is 5.63. The van der Waals surface area contributed by atoms with Crippen molar-refractivity contribution in [1.29, 1.82) is 5.26 Å². The lowest BCUT2D eigenvalue weighted by Gasteiger charge is -2.26. The van der Waals surface area contributed by atoms with Crippen molar-refractivity contribution < 1.29 is 27.4 Å². The van der Waals surface area contributed by atoms with Crippen molar-refractivity contribution in [3.63, 3.8) is 0 Å². The average molecular weight is 460 g/mol. The van der Waals surface area contributed by atoms with Gasteiger partial charge in [0.15, 0.2) is 5.82 Å². The SMILES string of the molecule is COC(=O)C1Oc2ccc(F)cc2C(Cl)=C1/C=C(/C#N)c1nc2ccccc2n1C(F)F. The Morgan fingerprint density at radius 2 is 2.09 bits per heavy atom. The molecule has 10 heteroatoms. The molecule has 1 atom stereocenters. The molecule has 0 aliphatic carbocycles. The molecule has 2 heterocycles. The van der Waals surface area contributed by atoms with E-state index in [4.69, 9.17) is 21.1 Å². The van der Waals surface area contributed by atoms with Crippen LogP contribution in [-0.4, -0.2) is 28.7 Å². The van der Waals surface area contributed by atoms with E-state index in [1.165, 1.54) is 18.2 Å². The summed E-state index contributed by atoms with van der Waals surface area (Å²) in [6, 6.07) is 11.5. The number of para-hydroxylation sites is 2. The molecule has 3 aromatic rings. The van der Waals surface area contributed by atoms with Gasteiger partial charge in [-0.3, -0.25) is 4.57 Å². The van der Waals surface area contributed by atoms with Crippen LogP contribution in [0.25, 0.3) is 21.6 Å². The van der Waals surface area contributed by atoms with E-state index in [-0.39, 0.29) is 44.3 Å². The van der Waals surface area contributed by atoms with Gasteiger partial charge in [0.05, 0.1) is 28.7 Å². The summed E-state index contributed by atoms with van der Waals surface area (Å²) in [4.78, 5) is 16.5. The molecule has 1 aliphatic heterocycles. The third kappa shape index (κ3) is 3.59. The molecule has 0 N–H and O–H groups in total. The molecule has 32 heavy (non-hydrogen) atoms. The quantitative estimate of drug-likeness (QED) is 0.402. The molecule has 6 nitrogen and oxygen atoms in total. The Morgan fingerprint density at radius 3 is 2.78 bits per heavy atom. The maximum Gasteiger partial charge on any atom is 0.351 e. The molecule has 0 spiro atoms. The summed E-state index contributed by atoms with van der Waals surface area (Å²) in [5, 5.41) is 9.66. The first-order chi connectivity index (χ1) is 15.3. The first-order valence-electron chi connectivity index (χ1n) is 9.17. The number of halogens is 4. The topological polar surface area (TPSA) is 77.1 Å². The maximum absolute atomic E-state index is 13.9. The zero-order chi connectivity index (χ0) is 23.0. The zero-order valence-electron chi connectivity index (χ0n) is 16.4. The molecule has 1 aliphatic rings. The van der Waals surface area contributed by atoms with Crippen LogP contribution in [0.3, 0.4) is 0 Å². The lowest BCUT2D eigenvalue weighted by atomic mass is 9.98. The highest BCUT2D eigenvalue weighted by atomic mass is 35.5. The number of hydrogen-bond donors (Lipinski definition) is 0. The summed E-state index contributed by atoms with van der Waals surface area (Å²) in [6.07, 6.45) is -0.282. The molecule has 4 rings (SSSR count). The fourth-order valence-electron chi connectivity index (χ4n) is 3.39. The van der Waals surface area contributed by atoms with E-state index < -0.39 is 24.4 Å². The van der Waals surface area contributed by atoms with Crippen molar-refractivity contribution in [2.45, 2.75) is 12.7 Å². The van der Waals surface area contributed by atoms with E-state index in [1.807, 2.05) is 6.07 Å². The molecular weight excluding hydrogens is 447 g/mol. The second kappa shape index (κ2) is 8.40. The minimum absolute atomic E-state index is 0.0546. The summed E-state index contributed by atoms with van der Waals surface area (Å²) < 4.78 is 52.5. The number of ether oxygens (including phenoxy) is 2. The van der Waals surface area contributed by atoms with Gasteiger partial charge in [-0.15, -0.1) is 0 Å². The van der Waals surface area contributed by atoms with Gasteiger partial charge in [-0.1, -0.05) is 23.7 Å². The zero-order valence-corrected chi connectivity index (χ0v) is 17.1. The Balaban J connectivity index is 1.96. The van der Waals surface area contributed by atoms with Crippen LogP contribution >= 0.6 is 11.6 Å². The highest BCUT2D eigenvalue weighted by molar-refractivity contribution is 6.50. The molecule has 0 radical (unpaired) electrons. The Hall–Kier alpha value is -3.77. The number of benzene rings is 2. The van der Waals surface area contributed by atoms with Gasteiger partial charge in [0, 0.05) is 11.1 Å². The third-order valence-corrected chi connectivity index (χ3v) is 5.25. The second-order valence-electron chi connectivity index (χ2n) is 6.67. The van der Waals surface area contributed by atoms with Gasteiger partial charge in [-0.25, -0.2) is 14.2 Å². The van der Waals surface area contributed by atoms with Gasteiger partial charge >= 0.3 is 12.5 Å². The number of carbonyl (C=O) groups is 1. The first kappa shape index (κ1) is 21.5. The van der Waals surface area contributed by atoms with Crippen molar-refractivity contribution in [2.75, 3.05) is 7.11 Å². The molecular formula is C22H13ClF3N3O3. The van der Waals surface area contributed by atoms with Crippen molar-refractivity contribution in [1.82, 2.24) is 9.55 Å². The Labute approximate surface area is 184 Å². The van der Waals surface area contributed by atoms with E-state index in [0.717, 1.165) is 25.3 Å². The molecule has 0 amide bonds. The standard InChI is InChI=1S/C22H13ClF3N3O3/c1-31-21(30)19-14(18(23)13-9-12(24)6-7-17(13)32-19)8-11(10-27)20-28-15-4-2-3-5-16(15)29(20)22(25)26/h2-9,19,22H,1H3/b11-8-. The van der Waals surface area contributed by atoms with E-state index in [2.05, 4.69) is 4.98 Å². The van der Waals surface area contributed by atoms with Crippen molar-refractivity contribution in [3.8, 4) is 11.8 Å². The predicted octanol–water partition coefficient (Wildman–Crippen LogP) is 5.06. The first-order valence-corrected chi connectivity index (χ1v) is 9.55. The van der Waals surface area contributed by atoms with Crippen LogP contribution in [0.1, 0.15) is 17.9 Å². The van der Waals surface area contributed by atoms with Crippen LogP contribution in [-0.2, 0) is 9.53 Å². The predicted molar refractivity (Wildman–Crippen MR) is 110 cm³/mol. The summed E-state index contributed by atoms with van der Waals surface area (Å²) in [6.45, 7) is -2.99. The van der Waals surface area contributed by atoms with E-state index >= 15 is 0 Å². The number of aromatic nitrogens is 2. The number of methoxy groups -OCH3 is 1. The number of fused-ring (bicyclic) bond motifs is 2. The number of esters is 1. The fraction of sp³-hybridized carbons (Fsp3) is 0.136. The Bertz CT molecular complexity index is 1340. The fourth-order valence-corrected chi connectivity index (χ4v) is 3.69. The molecule has 2 aromatic carbocycles. The number of allylic oxidation sites excluding steroid dienone is 1. The van der Waals surface area contributed by atoms with Crippen LogP contribution in [0.2, 0.25) is 0 Å². The summed E-state index contributed by atoms with van der Waals surface area (Å²) in [5.74, 6) is -1.65. The minimum atomic E-state index is -2.99. The summed E-state index contributed by atoms with van der Waals surface area (Å²) >= 11 is 6.45. The van der Waals surface area contributed by atoms with Gasteiger partial charge in [-0.05, 0) is 36.4 Å². The summed E-state index contributed by atoms with van der Waals surface area (Å²) in [7, 11) is 1.13. The molecule has 0 saturated heterocycles. The van der Waals surface area contributed by atoms with E-state index in [1.54, 1.807) is 12.1 Å². The smallest absolute Gasteiger partial charge is 0.351 e. The van der Waals surface area contributed by atoms with Gasteiger partial charge in [0.2, 0.25) is 6.10 Å². The number of nitriles is 1. The van der Waals surface area contributed by atoms with Gasteiger partial charge in [-0.2, -0.15) is 14.0 Å². The largest absolute Gasteiger partial charge is 0.473 e. The van der Waals surface area contributed by atoms with Crippen molar-refractivity contribution >= 4 is 39.2 Å². The number of nitrogens with zero attached hydrogens (tertiary/aromatic N) is 3. The molecule has 162 valence electrons. The van der Waals surface area contributed by atoms with Crippen LogP contribution in [0.5, 0.6) is 5.75 Å². The maximum atomic E-state index is 13.9. The number of imidazole rings is 1. The molecule has 0 bridgehead atoms. The molecule has 0 saturated carbocycles. The van der Waals surface area contributed by atoms with Crippen LogP contribution in [0.4, 0.5) is 13.2 Å².